The van der Waals surface area contributed by atoms with Crippen molar-refractivity contribution >= 4 is 13.4 Å². The molecule has 3 rings (SSSR count). The van der Waals surface area contributed by atoms with Crippen LogP contribution in [0.2, 0.25) is 0 Å². The number of fused-ring (bicyclic) bond motifs is 5. The summed E-state index contributed by atoms with van der Waals surface area (Å²) in [7, 11) is -2.36. The summed E-state index contributed by atoms with van der Waals surface area (Å²) in [6.45, 7) is 0. The Hall–Kier alpha value is -2.90. The number of nitrogens with zero attached hydrogens (tertiary/aromatic N) is 1. The van der Waals surface area contributed by atoms with Crippen LogP contribution in [0, 0.1) is 0 Å². The summed E-state index contributed by atoms with van der Waals surface area (Å²) in [5.74, 6) is -1.57. The van der Waals surface area contributed by atoms with Crippen LogP contribution in [-0.4, -0.2) is 29.6 Å². The molecule has 0 spiro atoms. The average Bonchev–Trinajstić information content (AvgIpc) is 2.53. The zero-order chi connectivity index (χ0) is 17.8. The lowest BCUT2D eigenvalue weighted by atomic mass is 10.1. The van der Waals surface area contributed by atoms with Gasteiger partial charge >= 0.3 is 13.4 Å². The molecule has 1 N–H and O–H groups in total. The first-order valence-corrected chi connectivity index (χ1v) is 7.61. The molecule has 0 saturated carbocycles. The van der Waals surface area contributed by atoms with Gasteiger partial charge in [0.2, 0.25) is 0 Å². The van der Waals surface area contributed by atoms with E-state index in [-0.39, 0.29) is 12.2 Å². The highest BCUT2D eigenvalue weighted by molar-refractivity contribution is 6.39. The first kappa shape index (κ1) is 16.9. The van der Waals surface area contributed by atoms with Crippen molar-refractivity contribution in [2.24, 2.45) is 0 Å². The maximum absolute atomic E-state index is 14.1. The molecule has 0 aliphatic carbocycles. The van der Waals surface area contributed by atoms with Crippen molar-refractivity contribution in [3.63, 3.8) is 0 Å². The third kappa shape index (κ3) is 4.56. The maximum atomic E-state index is 14.1. The highest BCUT2D eigenvalue weighted by Crippen LogP contribution is 2.24. The van der Waals surface area contributed by atoms with Gasteiger partial charge in [-0.1, -0.05) is 18.2 Å². The Morgan fingerprint density at radius 1 is 1.16 bits per heavy atom. The van der Waals surface area contributed by atoms with Gasteiger partial charge in [0.05, 0.1) is 11.8 Å². The van der Waals surface area contributed by atoms with Crippen molar-refractivity contribution in [3.05, 3.63) is 60.0 Å². The van der Waals surface area contributed by atoms with E-state index in [9.17, 15) is 18.6 Å². The summed E-state index contributed by atoms with van der Waals surface area (Å²) in [6.07, 6.45) is -1.28. The predicted octanol–water partition coefficient (Wildman–Crippen LogP) is 3.35. The Kier molecular flexibility index (Phi) is 4.97. The van der Waals surface area contributed by atoms with Crippen molar-refractivity contribution in [3.8, 4) is 17.0 Å². The maximum Gasteiger partial charge on any atom is 0.832 e. The molecule has 1 aromatic carbocycles. The molecule has 0 fully saturated rings. The summed E-state index contributed by atoms with van der Waals surface area (Å²) < 4.78 is 37.1. The Bertz CT molecular complexity index is 815. The van der Waals surface area contributed by atoms with Crippen LogP contribution in [0.1, 0.15) is 12.1 Å². The van der Waals surface area contributed by atoms with Crippen LogP contribution in [0.3, 0.4) is 0 Å². The van der Waals surface area contributed by atoms with Crippen LogP contribution < -0.4 is 4.65 Å². The van der Waals surface area contributed by atoms with Gasteiger partial charge < -0.3 is 14.4 Å². The van der Waals surface area contributed by atoms with Crippen LogP contribution in [-0.2, 0) is 15.9 Å². The van der Waals surface area contributed by atoms with Crippen molar-refractivity contribution in [2.45, 2.75) is 19.0 Å². The Labute approximate surface area is 143 Å². The fraction of sp³-hybridized carbons (Fsp3) is 0.176. The molecule has 0 saturated heterocycles. The monoisotopic (exact) mass is 345 g/mol. The Balaban J connectivity index is 1.98. The van der Waals surface area contributed by atoms with E-state index < -0.39 is 31.7 Å². The second-order valence-corrected chi connectivity index (χ2v) is 5.51. The van der Waals surface area contributed by atoms with Crippen molar-refractivity contribution < 1.29 is 27.9 Å². The van der Waals surface area contributed by atoms with Gasteiger partial charge in [-0.2, -0.15) is 0 Å². The van der Waals surface area contributed by atoms with Crippen LogP contribution in [0.4, 0.5) is 8.71 Å². The predicted molar refractivity (Wildman–Crippen MR) is 87.2 cm³/mol. The second kappa shape index (κ2) is 7.33. The van der Waals surface area contributed by atoms with Gasteiger partial charge in [0, 0.05) is 24.1 Å². The SMILES string of the molecule is O=C1/C=C(\O)CC(F)Cc2cccc(n2)-c2cccc(c2)OB(F)O1. The molecule has 4 bridgehead atoms. The standard InChI is InChI=1S/C17H14BF2NO4/c19-12-8-13-4-2-6-16(21-13)11-3-1-5-15(7-11)24-18(20)25-17(23)10-14(22)9-12/h1-7,10,12,22H,8-9H2/b14-10-. The number of carbonyl (C=O) groups excluding carboxylic acids is 1. The van der Waals surface area contributed by atoms with E-state index in [0.29, 0.717) is 23.0 Å². The van der Waals surface area contributed by atoms with E-state index in [0.717, 1.165) is 0 Å². The van der Waals surface area contributed by atoms with Crippen LogP contribution in [0.5, 0.6) is 5.75 Å². The molecule has 128 valence electrons. The van der Waals surface area contributed by atoms with Gasteiger partial charge in [0.1, 0.15) is 17.7 Å². The molecule has 0 radical (unpaired) electrons. The lowest BCUT2D eigenvalue weighted by Crippen LogP contribution is -2.24. The summed E-state index contributed by atoms with van der Waals surface area (Å²) in [6, 6.07) is 11.5. The molecule has 1 atom stereocenters. The summed E-state index contributed by atoms with van der Waals surface area (Å²) >= 11 is 0. The largest absolute Gasteiger partial charge is 0.832 e. The molecule has 1 unspecified atom stereocenters. The number of aliphatic hydroxyl groups excluding tert-OH is 1. The van der Waals surface area contributed by atoms with Crippen molar-refractivity contribution in [2.75, 3.05) is 0 Å². The van der Waals surface area contributed by atoms with Crippen LogP contribution >= 0.6 is 0 Å². The van der Waals surface area contributed by atoms with Gasteiger partial charge in [-0.3, -0.25) is 4.98 Å². The number of carbonyl (C=O) groups is 1. The van der Waals surface area contributed by atoms with E-state index in [1.54, 1.807) is 30.3 Å². The highest BCUT2D eigenvalue weighted by atomic mass is 19.1. The van der Waals surface area contributed by atoms with E-state index in [1.165, 1.54) is 12.1 Å². The first-order chi connectivity index (χ1) is 12.0. The summed E-state index contributed by atoms with van der Waals surface area (Å²) in [5.41, 5.74) is 1.70. The lowest BCUT2D eigenvalue weighted by Gasteiger charge is -2.09. The van der Waals surface area contributed by atoms with Gasteiger partial charge in [-0.25, -0.2) is 13.5 Å². The van der Waals surface area contributed by atoms with E-state index in [4.69, 9.17) is 4.65 Å². The molecule has 2 heterocycles. The zero-order valence-corrected chi connectivity index (χ0v) is 13.1. The Morgan fingerprint density at radius 2 is 1.96 bits per heavy atom. The number of alkyl halides is 1. The zero-order valence-electron chi connectivity index (χ0n) is 13.1. The molecule has 25 heavy (non-hydrogen) atoms. The Morgan fingerprint density at radius 3 is 2.80 bits per heavy atom. The second-order valence-electron chi connectivity index (χ2n) is 5.51. The number of halogens is 2. The van der Waals surface area contributed by atoms with Crippen LogP contribution in [0.15, 0.2) is 54.3 Å². The molecule has 1 aliphatic heterocycles. The van der Waals surface area contributed by atoms with E-state index in [1.807, 2.05) is 0 Å². The van der Waals surface area contributed by atoms with Crippen molar-refractivity contribution in [1.82, 2.24) is 4.98 Å². The summed E-state index contributed by atoms with van der Waals surface area (Å²) in [4.78, 5) is 15.9. The fourth-order valence-electron chi connectivity index (χ4n) is 2.46. The van der Waals surface area contributed by atoms with Crippen LogP contribution in [0.25, 0.3) is 11.3 Å². The van der Waals surface area contributed by atoms with Gasteiger partial charge in [0.15, 0.2) is 0 Å². The van der Waals surface area contributed by atoms with E-state index in [2.05, 4.69) is 9.64 Å². The minimum Gasteiger partial charge on any atom is -0.512 e. The third-order valence-electron chi connectivity index (χ3n) is 3.52. The van der Waals surface area contributed by atoms with Gasteiger partial charge in [-0.05, 0) is 24.3 Å². The molecule has 1 aliphatic rings. The number of hydrogen-bond acceptors (Lipinski definition) is 5. The van der Waals surface area contributed by atoms with Gasteiger partial charge in [0.25, 0.3) is 0 Å². The minimum atomic E-state index is -2.36. The topological polar surface area (TPSA) is 68.7 Å². The number of benzene rings is 1. The lowest BCUT2D eigenvalue weighted by molar-refractivity contribution is -0.130. The number of aliphatic hydroxyl groups is 1. The first-order valence-electron chi connectivity index (χ1n) is 7.61. The number of rotatable bonds is 0. The highest BCUT2D eigenvalue weighted by Gasteiger charge is 2.27. The minimum absolute atomic E-state index is 0.0390. The van der Waals surface area contributed by atoms with Gasteiger partial charge in [-0.15, -0.1) is 0 Å². The number of hydrogen-bond donors (Lipinski definition) is 1. The molecule has 8 heteroatoms. The third-order valence-corrected chi connectivity index (χ3v) is 3.52. The number of allylic oxidation sites excluding steroid dienone is 1. The molecule has 0 amide bonds. The molecular formula is C17H14BF2NO4. The van der Waals surface area contributed by atoms with Crippen molar-refractivity contribution in [1.29, 1.82) is 0 Å². The summed E-state index contributed by atoms with van der Waals surface area (Å²) in [5, 5.41) is 9.63. The molecular weight excluding hydrogens is 331 g/mol. The average molecular weight is 345 g/mol. The molecule has 1 aromatic heterocycles. The normalized spacial score (nSPS) is 20.4. The number of pyridine rings is 1. The fourth-order valence-corrected chi connectivity index (χ4v) is 2.46. The number of aromatic nitrogens is 1. The smallest absolute Gasteiger partial charge is 0.512 e. The van der Waals surface area contributed by atoms with E-state index >= 15 is 0 Å². The molecule has 5 nitrogen and oxygen atoms in total. The quantitative estimate of drug-likeness (QED) is 0.742. The molecule has 2 aromatic rings.